The van der Waals surface area contributed by atoms with Gasteiger partial charge >= 0.3 is 0 Å². The van der Waals surface area contributed by atoms with E-state index in [0.717, 1.165) is 5.56 Å². The maximum atomic E-state index is 13.7. The van der Waals surface area contributed by atoms with E-state index in [-0.39, 0.29) is 12.4 Å². The van der Waals surface area contributed by atoms with E-state index >= 15 is 0 Å². The van der Waals surface area contributed by atoms with Crippen LogP contribution in [0.2, 0.25) is 0 Å². The second kappa shape index (κ2) is 6.07. The van der Waals surface area contributed by atoms with Crippen LogP contribution in [0.25, 0.3) is 0 Å². The average molecular weight is 247 g/mol. The van der Waals surface area contributed by atoms with Gasteiger partial charge in [-0.15, -0.1) is 0 Å². The lowest BCUT2D eigenvalue weighted by atomic mass is 10.1. The largest absolute Gasteiger partial charge is 0.483 e. The van der Waals surface area contributed by atoms with E-state index in [2.05, 4.69) is 9.97 Å². The number of benzene rings is 1. The molecule has 0 aliphatic rings. The van der Waals surface area contributed by atoms with E-state index in [0.29, 0.717) is 18.8 Å². The number of rotatable bonds is 5. The monoisotopic (exact) mass is 247 g/mol. The molecule has 5 heteroatoms. The van der Waals surface area contributed by atoms with Crippen molar-refractivity contribution in [1.82, 2.24) is 9.97 Å². The number of aromatic nitrogens is 2. The third-order valence-electron chi connectivity index (χ3n) is 2.41. The second-order valence-corrected chi connectivity index (χ2v) is 3.76. The Bertz CT molecular complexity index is 505. The zero-order chi connectivity index (χ0) is 12.8. The molecule has 2 rings (SSSR count). The number of ether oxygens (including phenoxy) is 1. The molecule has 0 saturated carbocycles. The van der Waals surface area contributed by atoms with E-state index in [1.54, 1.807) is 30.6 Å². The Kier molecular flexibility index (Phi) is 4.20. The Balaban J connectivity index is 2.01. The maximum absolute atomic E-state index is 13.7. The highest BCUT2D eigenvalue weighted by molar-refractivity contribution is 5.29. The van der Waals surface area contributed by atoms with Crippen molar-refractivity contribution < 1.29 is 9.13 Å². The molecular weight excluding hydrogens is 233 g/mol. The van der Waals surface area contributed by atoms with Gasteiger partial charge in [0.2, 0.25) is 0 Å². The molecule has 2 aromatic rings. The molecule has 1 heterocycles. The van der Waals surface area contributed by atoms with Crippen molar-refractivity contribution in [2.24, 2.45) is 5.73 Å². The van der Waals surface area contributed by atoms with E-state index in [1.807, 2.05) is 0 Å². The average Bonchev–Trinajstić information content (AvgIpc) is 2.39. The fourth-order valence-electron chi connectivity index (χ4n) is 1.53. The van der Waals surface area contributed by atoms with Crippen LogP contribution in [0.4, 0.5) is 4.39 Å². The van der Waals surface area contributed by atoms with Gasteiger partial charge in [0.1, 0.15) is 6.61 Å². The van der Waals surface area contributed by atoms with Gasteiger partial charge in [-0.3, -0.25) is 0 Å². The van der Waals surface area contributed by atoms with Crippen LogP contribution in [0.5, 0.6) is 5.75 Å². The predicted molar refractivity (Wildman–Crippen MR) is 65.5 cm³/mol. The first kappa shape index (κ1) is 12.4. The van der Waals surface area contributed by atoms with Crippen molar-refractivity contribution in [1.29, 1.82) is 0 Å². The molecule has 0 saturated heterocycles. The first-order valence-electron chi connectivity index (χ1n) is 5.67. The minimum Gasteiger partial charge on any atom is -0.483 e. The SMILES string of the molecule is NCCc1ccc(OCc2ncccn2)c(F)c1. The van der Waals surface area contributed by atoms with Crippen LogP contribution in [0, 0.1) is 5.82 Å². The van der Waals surface area contributed by atoms with Gasteiger partial charge < -0.3 is 10.5 Å². The van der Waals surface area contributed by atoms with Crippen molar-refractivity contribution in [2.45, 2.75) is 13.0 Å². The minimum atomic E-state index is -0.392. The summed E-state index contributed by atoms with van der Waals surface area (Å²) in [5, 5.41) is 0. The zero-order valence-electron chi connectivity index (χ0n) is 9.84. The quantitative estimate of drug-likeness (QED) is 0.873. The number of nitrogens with zero attached hydrogens (tertiary/aromatic N) is 2. The first-order valence-corrected chi connectivity index (χ1v) is 5.67. The summed E-state index contributed by atoms with van der Waals surface area (Å²) in [4.78, 5) is 7.99. The van der Waals surface area contributed by atoms with Gasteiger partial charge in [-0.1, -0.05) is 6.07 Å². The van der Waals surface area contributed by atoms with Crippen LogP contribution >= 0.6 is 0 Å². The summed E-state index contributed by atoms with van der Waals surface area (Å²) in [7, 11) is 0. The molecule has 94 valence electrons. The molecule has 1 aromatic heterocycles. The molecule has 0 amide bonds. The molecule has 0 atom stereocenters. The lowest BCUT2D eigenvalue weighted by molar-refractivity contribution is 0.281. The van der Waals surface area contributed by atoms with E-state index < -0.39 is 5.82 Å². The van der Waals surface area contributed by atoms with Crippen LogP contribution in [-0.2, 0) is 13.0 Å². The second-order valence-electron chi connectivity index (χ2n) is 3.76. The van der Waals surface area contributed by atoms with Crippen molar-refractivity contribution >= 4 is 0 Å². The van der Waals surface area contributed by atoms with Crippen molar-refractivity contribution in [3.05, 3.63) is 53.9 Å². The summed E-state index contributed by atoms with van der Waals surface area (Å²) in [5.41, 5.74) is 6.27. The number of halogens is 1. The number of hydrogen-bond acceptors (Lipinski definition) is 4. The highest BCUT2D eigenvalue weighted by Gasteiger charge is 2.05. The lowest BCUT2D eigenvalue weighted by Crippen LogP contribution is -2.04. The summed E-state index contributed by atoms with van der Waals surface area (Å²) < 4.78 is 19.0. The third kappa shape index (κ3) is 3.24. The Morgan fingerprint density at radius 2 is 2.00 bits per heavy atom. The van der Waals surface area contributed by atoms with Gasteiger partial charge in [0.15, 0.2) is 17.4 Å². The Hall–Kier alpha value is -2.01. The molecule has 0 spiro atoms. The van der Waals surface area contributed by atoms with Crippen molar-refractivity contribution in [3.8, 4) is 5.75 Å². The van der Waals surface area contributed by atoms with Crippen LogP contribution < -0.4 is 10.5 Å². The van der Waals surface area contributed by atoms with Gasteiger partial charge in [-0.2, -0.15) is 0 Å². The van der Waals surface area contributed by atoms with Crippen LogP contribution in [0.1, 0.15) is 11.4 Å². The molecule has 4 nitrogen and oxygen atoms in total. The molecule has 18 heavy (non-hydrogen) atoms. The van der Waals surface area contributed by atoms with E-state index in [1.165, 1.54) is 6.07 Å². The Morgan fingerprint density at radius 1 is 1.22 bits per heavy atom. The summed E-state index contributed by atoms with van der Waals surface area (Å²) in [6, 6.07) is 6.56. The molecule has 0 aliphatic heterocycles. The minimum absolute atomic E-state index is 0.147. The molecule has 0 fully saturated rings. The predicted octanol–water partition coefficient (Wildman–Crippen LogP) is 1.70. The Labute approximate surface area is 105 Å². The standard InChI is InChI=1S/C13H14FN3O/c14-11-8-10(4-5-15)2-3-12(11)18-9-13-16-6-1-7-17-13/h1-3,6-8H,4-5,9,15H2. The topological polar surface area (TPSA) is 61.0 Å². The zero-order valence-corrected chi connectivity index (χ0v) is 9.84. The number of nitrogens with two attached hydrogens (primary N) is 1. The van der Waals surface area contributed by atoms with Gasteiger partial charge in [-0.25, -0.2) is 14.4 Å². The Morgan fingerprint density at radius 3 is 2.67 bits per heavy atom. The number of hydrogen-bond donors (Lipinski definition) is 1. The molecular formula is C13H14FN3O. The highest BCUT2D eigenvalue weighted by atomic mass is 19.1. The fraction of sp³-hybridized carbons (Fsp3) is 0.231. The smallest absolute Gasteiger partial charge is 0.166 e. The fourth-order valence-corrected chi connectivity index (χ4v) is 1.53. The van der Waals surface area contributed by atoms with Gasteiger partial charge in [0.05, 0.1) is 0 Å². The van der Waals surface area contributed by atoms with Gasteiger partial charge in [-0.05, 0) is 36.7 Å². The molecule has 0 unspecified atom stereocenters. The van der Waals surface area contributed by atoms with Crippen molar-refractivity contribution in [2.75, 3.05) is 6.54 Å². The molecule has 1 aromatic carbocycles. The summed E-state index contributed by atoms with van der Waals surface area (Å²) in [6.45, 7) is 0.644. The van der Waals surface area contributed by atoms with Crippen molar-refractivity contribution in [3.63, 3.8) is 0 Å². The summed E-state index contributed by atoms with van der Waals surface area (Å²) in [6.07, 6.45) is 3.89. The molecule has 0 bridgehead atoms. The van der Waals surface area contributed by atoms with E-state index in [9.17, 15) is 4.39 Å². The molecule has 2 N–H and O–H groups in total. The maximum Gasteiger partial charge on any atom is 0.166 e. The van der Waals surface area contributed by atoms with Crippen LogP contribution in [0.15, 0.2) is 36.7 Å². The van der Waals surface area contributed by atoms with E-state index in [4.69, 9.17) is 10.5 Å². The van der Waals surface area contributed by atoms with Gasteiger partial charge in [0, 0.05) is 12.4 Å². The normalized spacial score (nSPS) is 10.3. The lowest BCUT2D eigenvalue weighted by Gasteiger charge is -2.07. The third-order valence-corrected chi connectivity index (χ3v) is 2.41. The van der Waals surface area contributed by atoms with Gasteiger partial charge in [0.25, 0.3) is 0 Å². The molecule has 0 radical (unpaired) electrons. The highest BCUT2D eigenvalue weighted by Crippen LogP contribution is 2.19. The summed E-state index contributed by atoms with van der Waals surface area (Å²) >= 11 is 0. The van der Waals surface area contributed by atoms with Crippen LogP contribution in [0.3, 0.4) is 0 Å². The molecule has 0 aliphatic carbocycles. The first-order chi connectivity index (χ1) is 8.79. The summed E-state index contributed by atoms with van der Waals surface area (Å²) in [5.74, 6) is 0.322. The van der Waals surface area contributed by atoms with Crippen LogP contribution in [-0.4, -0.2) is 16.5 Å².